The molecule has 4 heterocycles. The van der Waals surface area contributed by atoms with E-state index < -0.39 is 11.6 Å². The second kappa shape index (κ2) is 9.05. The molecule has 4 aromatic rings. The van der Waals surface area contributed by atoms with Gasteiger partial charge in [-0.25, -0.2) is 8.78 Å². The van der Waals surface area contributed by atoms with Crippen molar-refractivity contribution in [1.82, 2.24) is 30.5 Å². The first kappa shape index (κ1) is 22.3. The maximum atomic E-state index is 15.1. The number of piperazine rings is 1. The quantitative estimate of drug-likeness (QED) is 0.331. The topological polar surface area (TPSA) is 124 Å². The van der Waals surface area contributed by atoms with Gasteiger partial charge in [-0.2, -0.15) is 15.1 Å². The summed E-state index contributed by atoms with van der Waals surface area (Å²) < 4.78 is 35.3. The third-order valence-electron chi connectivity index (χ3n) is 5.36. The third kappa shape index (κ3) is 4.63. The molecule has 0 unspecified atom stereocenters. The zero-order chi connectivity index (χ0) is 24.5. The molecular formula is C23H22F2N8O2. The number of allylic oxidation sites excluding steroid dienone is 1. The van der Waals surface area contributed by atoms with E-state index in [1.807, 2.05) is 19.1 Å². The molecule has 0 saturated carbocycles. The monoisotopic (exact) mass is 480 g/mol. The number of carbonyl (C=O) groups excluding carboxylic acids is 1. The molecular weight excluding hydrogens is 458 g/mol. The number of fused-ring (bicyclic) bond motifs is 1. The number of halogens is 2. The van der Waals surface area contributed by atoms with Crippen molar-refractivity contribution in [2.75, 3.05) is 29.9 Å². The van der Waals surface area contributed by atoms with Crippen molar-refractivity contribution < 1.29 is 18.3 Å². The van der Waals surface area contributed by atoms with E-state index >= 15 is 4.39 Å². The van der Waals surface area contributed by atoms with Gasteiger partial charge in [0.1, 0.15) is 11.6 Å². The average Bonchev–Trinajstić information content (AvgIpc) is 3.44. The van der Waals surface area contributed by atoms with Crippen LogP contribution in [0.3, 0.4) is 0 Å². The molecule has 0 radical (unpaired) electrons. The molecule has 0 spiro atoms. The Labute approximate surface area is 198 Å². The number of nitrogens with zero attached hydrogens (tertiary/aromatic N) is 4. The predicted octanol–water partition coefficient (Wildman–Crippen LogP) is 3.77. The summed E-state index contributed by atoms with van der Waals surface area (Å²) >= 11 is 0. The number of aryl methyl sites for hydroxylation is 1. The molecule has 35 heavy (non-hydrogen) atoms. The molecule has 1 aliphatic heterocycles. The highest BCUT2D eigenvalue weighted by Gasteiger charge is 2.22. The van der Waals surface area contributed by atoms with E-state index in [0.29, 0.717) is 36.2 Å². The van der Waals surface area contributed by atoms with Crippen molar-refractivity contribution in [3.05, 3.63) is 53.4 Å². The first-order valence-electron chi connectivity index (χ1n) is 10.9. The molecule has 0 aliphatic carbocycles. The minimum atomic E-state index is -0.741. The number of amides is 1. The highest BCUT2D eigenvalue weighted by Crippen LogP contribution is 2.33. The maximum absolute atomic E-state index is 15.1. The van der Waals surface area contributed by atoms with Crippen molar-refractivity contribution in [2.45, 2.75) is 13.8 Å². The molecule has 1 aromatic carbocycles. The Morgan fingerprint density at radius 2 is 2.03 bits per heavy atom. The summed E-state index contributed by atoms with van der Waals surface area (Å²) in [6.07, 6.45) is 3.71. The fraction of sp³-hybridized carbons (Fsp3) is 0.217. The Hall–Kier alpha value is -4.48. The van der Waals surface area contributed by atoms with Crippen LogP contribution < -0.4 is 20.3 Å². The summed E-state index contributed by atoms with van der Waals surface area (Å²) in [5, 5.41) is 12.9. The van der Waals surface area contributed by atoms with Gasteiger partial charge in [-0.3, -0.25) is 9.89 Å². The van der Waals surface area contributed by atoms with Crippen LogP contribution in [0.2, 0.25) is 0 Å². The van der Waals surface area contributed by atoms with Crippen molar-refractivity contribution in [3.8, 4) is 11.8 Å². The van der Waals surface area contributed by atoms with Gasteiger partial charge in [-0.1, -0.05) is 6.08 Å². The van der Waals surface area contributed by atoms with Gasteiger partial charge in [0, 0.05) is 42.4 Å². The molecule has 5 rings (SSSR count). The zero-order valence-electron chi connectivity index (χ0n) is 18.9. The van der Waals surface area contributed by atoms with Gasteiger partial charge in [0.25, 0.3) is 0 Å². The van der Waals surface area contributed by atoms with Gasteiger partial charge >= 0.3 is 6.01 Å². The Morgan fingerprint density at radius 3 is 2.83 bits per heavy atom. The number of aromatic amines is 2. The highest BCUT2D eigenvalue weighted by atomic mass is 19.1. The second-order valence-electron chi connectivity index (χ2n) is 8.01. The van der Waals surface area contributed by atoms with Crippen LogP contribution in [0.1, 0.15) is 18.3 Å². The van der Waals surface area contributed by atoms with Gasteiger partial charge in [-0.15, -0.1) is 0 Å². The standard InChI is InChI=1S/C23H22F2N8O2/c1-3-4-13-8-18(32-31-13)28-17-10-19(33-6-5-26-20(34)11-33)30-23(29-17)35-16-9-15(24)22-14(21(16)25)7-12(2)27-22/h3-4,7-10,27H,5-6,11H2,1-2H3,(H,26,34)(H2,28,29,30,31,32)/b4-3+. The van der Waals surface area contributed by atoms with Crippen LogP contribution in [-0.4, -0.2) is 50.7 Å². The Morgan fingerprint density at radius 1 is 1.17 bits per heavy atom. The van der Waals surface area contributed by atoms with Crippen LogP contribution in [0.4, 0.5) is 26.2 Å². The SMILES string of the molecule is C/C=C/c1cc(Nc2cc(N3CCNC(=O)C3)nc(Oc3cc(F)c4[nH]c(C)cc4c3F)n2)n[nH]1. The molecule has 10 nitrogen and oxygen atoms in total. The van der Waals surface area contributed by atoms with Gasteiger partial charge in [0.15, 0.2) is 23.2 Å². The lowest BCUT2D eigenvalue weighted by molar-refractivity contribution is -0.120. The molecule has 4 N–H and O–H groups in total. The lowest BCUT2D eigenvalue weighted by atomic mass is 10.2. The number of aromatic nitrogens is 5. The Kier molecular flexibility index (Phi) is 5.77. The normalized spacial score (nSPS) is 14.1. The summed E-state index contributed by atoms with van der Waals surface area (Å²) in [7, 11) is 0. The number of hydrogen-bond donors (Lipinski definition) is 4. The number of ether oxygens (including phenoxy) is 1. The summed E-state index contributed by atoms with van der Waals surface area (Å²) in [5.74, 6) is -0.758. The van der Waals surface area contributed by atoms with Crippen LogP contribution >= 0.6 is 0 Å². The van der Waals surface area contributed by atoms with Crippen LogP contribution in [-0.2, 0) is 4.79 Å². The van der Waals surface area contributed by atoms with E-state index in [1.165, 1.54) is 6.07 Å². The molecule has 1 saturated heterocycles. The van der Waals surface area contributed by atoms with Crippen molar-refractivity contribution in [3.63, 3.8) is 0 Å². The minimum Gasteiger partial charge on any atom is -0.421 e. The number of benzene rings is 1. The number of anilines is 3. The number of nitrogens with one attached hydrogen (secondary N) is 4. The lowest BCUT2D eigenvalue weighted by Gasteiger charge is -2.27. The van der Waals surface area contributed by atoms with Crippen LogP contribution in [0.25, 0.3) is 17.0 Å². The highest BCUT2D eigenvalue weighted by molar-refractivity contribution is 5.84. The van der Waals surface area contributed by atoms with Crippen molar-refractivity contribution in [1.29, 1.82) is 0 Å². The van der Waals surface area contributed by atoms with E-state index in [1.54, 1.807) is 24.0 Å². The maximum Gasteiger partial charge on any atom is 0.326 e. The molecule has 1 aliphatic rings. The lowest BCUT2D eigenvalue weighted by Crippen LogP contribution is -2.48. The van der Waals surface area contributed by atoms with Gasteiger partial charge in [-0.05, 0) is 26.0 Å². The summed E-state index contributed by atoms with van der Waals surface area (Å²) in [6.45, 7) is 4.62. The third-order valence-corrected chi connectivity index (χ3v) is 5.36. The van der Waals surface area contributed by atoms with Crippen LogP contribution in [0, 0.1) is 18.6 Å². The zero-order valence-corrected chi connectivity index (χ0v) is 18.9. The number of H-pyrrole nitrogens is 2. The summed E-state index contributed by atoms with van der Waals surface area (Å²) in [6, 6.07) is 5.63. The molecule has 0 bridgehead atoms. The number of hydrogen-bond acceptors (Lipinski definition) is 7. The fourth-order valence-corrected chi connectivity index (χ4v) is 3.82. The van der Waals surface area contributed by atoms with Gasteiger partial charge in [0.2, 0.25) is 5.91 Å². The van der Waals surface area contributed by atoms with Crippen molar-refractivity contribution in [2.24, 2.45) is 0 Å². The van der Waals surface area contributed by atoms with E-state index in [4.69, 9.17) is 4.74 Å². The Bertz CT molecular complexity index is 1450. The first-order valence-corrected chi connectivity index (χ1v) is 10.9. The number of carbonyl (C=O) groups is 1. The summed E-state index contributed by atoms with van der Waals surface area (Å²) in [4.78, 5) is 25.1. The largest absolute Gasteiger partial charge is 0.421 e. The van der Waals surface area contributed by atoms with Gasteiger partial charge < -0.3 is 25.3 Å². The fourth-order valence-electron chi connectivity index (χ4n) is 3.82. The van der Waals surface area contributed by atoms with E-state index in [2.05, 4.69) is 35.8 Å². The predicted molar refractivity (Wildman–Crippen MR) is 127 cm³/mol. The van der Waals surface area contributed by atoms with E-state index in [9.17, 15) is 9.18 Å². The molecule has 1 amide bonds. The van der Waals surface area contributed by atoms with Crippen LogP contribution in [0.5, 0.6) is 11.8 Å². The smallest absolute Gasteiger partial charge is 0.326 e. The van der Waals surface area contributed by atoms with Crippen molar-refractivity contribution >= 4 is 40.3 Å². The number of rotatable bonds is 6. The molecule has 1 fully saturated rings. The average molecular weight is 480 g/mol. The molecule has 180 valence electrons. The summed E-state index contributed by atoms with van der Waals surface area (Å²) in [5.41, 5.74) is 1.44. The van der Waals surface area contributed by atoms with E-state index in [0.717, 1.165) is 11.8 Å². The first-order chi connectivity index (χ1) is 16.9. The molecule has 0 atom stereocenters. The molecule has 3 aromatic heterocycles. The molecule has 12 heteroatoms. The second-order valence-corrected chi connectivity index (χ2v) is 8.01. The van der Waals surface area contributed by atoms with Crippen LogP contribution in [0.15, 0.2) is 30.3 Å². The van der Waals surface area contributed by atoms with E-state index in [-0.39, 0.29) is 35.1 Å². The van der Waals surface area contributed by atoms with Gasteiger partial charge in [0.05, 0.1) is 17.8 Å². The minimum absolute atomic E-state index is 0.0548. The Balaban J connectivity index is 1.52.